The summed E-state index contributed by atoms with van der Waals surface area (Å²) in [5.41, 5.74) is 1.65. The van der Waals surface area contributed by atoms with E-state index in [0.717, 1.165) is 22.9 Å². The molecule has 0 amide bonds. The molecule has 0 unspecified atom stereocenters. The Labute approximate surface area is 190 Å². The van der Waals surface area contributed by atoms with Crippen molar-refractivity contribution in [3.63, 3.8) is 0 Å². The van der Waals surface area contributed by atoms with E-state index in [-0.39, 0.29) is 10.6 Å². The fraction of sp³-hybridized carbons (Fsp3) is 0.238. The molecule has 9 nitrogen and oxygen atoms in total. The maximum atomic E-state index is 12.7. The second-order valence-electron chi connectivity index (χ2n) is 6.89. The van der Waals surface area contributed by atoms with Gasteiger partial charge in [0, 0.05) is 25.2 Å². The summed E-state index contributed by atoms with van der Waals surface area (Å²) in [5.74, 6) is -0.825. The average Bonchev–Trinajstić information content (AvgIpc) is 3.20. The number of carbonyl (C=O) groups is 1. The number of aliphatic hydroxyl groups is 1. The molecule has 2 aromatic carbocycles. The van der Waals surface area contributed by atoms with Gasteiger partial charge in [0.1, 0.15) is 11.8 Å². The quantitative estimate of drug-likeness (QED) is 0.378. The van der Waals surface area contributed by atoms with Crippen LogP contribution < -0.4 is 9.46 Å². The van der Waals surface area contributed by atoms with Crippen LogP contribution in [0.15, 0.2) is 71.0 Å². The molecule has 3 aromatic rings. The minimum Gasteiger partial charge on any atom is -0.497 e. The molecular formula is C21H23N3O6S2. The van der Waals surface area contributed by atoms with Gasteiger partial charge in [0.25, 0.3) is 0 Å². The van der Waals surface area contributed by atoms with Gasteiger partial charge in [0.15, 0.2) is 5.16 Å². The largest absolute Gasteiger partial charge is 0.497 e. The van der Waals surface area contributed by atoms with Gasteiger partial charge in [-0.05, 0) is 35.4 Å². The highest BCUT2D eigenvalue weighted by molar-refractivity contribution is 7.99. The lowest BCUT2D eigenvalue weighted by Gasteiger charge is -2.20. The second-order valence-corrected chi connectivity index (χ2v) is 9.59. The average molecular weight is 478 g/mol. The van der Waals surface area contributed by atoms with E-state index < -0.39 is 28.1 Å². The Morgan fingerprint density at radius 2 is 1.75 bits per heavy atom. The van der Waals surface area contributed by atoms with E-state index in [1.165, 1.54) is 12.1 Å². The van der Waals surface area contributed by atoms with Crippen molar-refractivity contribution in [1.29, 1.82) is 0 Å². The molecule has 0 saturated carbocycles. The first-order valence-electron chi connectivity index (χ1n) is 9.49. The van der Waals surface area contributed by atoms with Gasteiger partial charge in [-0.25, -0.2) is 13.4 Å². The molecular weight excluding hydrogens is 454 g/mol. The SMILES string of the molecule is COc1ccc(-c2ccc(S(=O)(=O)N[C@@H](C(=O)O)[C@H](O)CSc3nccn3C)cc2)cc1. The Hall–Kier alpha value is -2.86. The summed E-state index contributed by atoms with van der Waals surface area (Å²) < 4.78 is 34.4. The van der Waals surface area contributed by atoms with E-state index in [4.69, 9.17) is 4.74 Å². The smallest absolute Gasteiger partial charge is 0.324 e. The molecule has 1 heterocycles. The normalized spacial score (nSPS) is 13.5. The summed E-state index contributed by atoms with van der Waals surface area (Å²) in [4.78, 5) is 15.6. The molecule has 0 bridgehead atoms. The third-order valence-electron chi connectivity index (χ3n) is 4.68. The summed E-state index contributed by atoms with van der Waals surface area (Å²) in [5, 5.41) is 20.4. The lowest BCUT2D eigenvalue weighted by Crippen LogP contribution is -2.49. The van der Waals surface area contributed by atoms with E-state index in [2.05, 4.69) is 9.71 Å². The van der Waals surface area contributed by atoms with Crippen LogP contribution in [0.4, 0.5) is 0 Å². The number of aliphatic hydroxyl groups excluding tert-OH is 1. The molecule has 0 saturated heterocycles. The maximum absolute atomic E-state index is 12.7. The van der Waals surface area contributed by atoms with Gasteiger partial charge in [0.2, 0.25) is 10.0 Å². The van der Waals surface area contributed by atoms with Crippen LogP contribution in [0.2, 0.25) is 0 Å². The standard InChI is InChI=1S/C21H23N3O6S2/c1-24-12-11-22-21(24)31-13-18(25)19(20(26)27)23-32(28,29)17-9-5-15(6-10-17)14-3-7-16(30-2)8-4-14/h3-12,18-19,23,25H,13H2,1-2H3,(H,26,27)/t18-,19-/m1/s1. The van der Waals surface area contributed by atoms with E-state index in [0.29, 0.717) is 10.9 Å². The van der Waals surface area contributed by atoms with Gasteiger partial charge in [-0.1, -0.05) is 36.0 Å². The topological polar surface area (TPSA) is 131 Å². The number of ether oxygens (including phenoxy) is 1. The number of nitrogens with one attached hydrogen (secondary N) is 1. The first kappa shape index (κ1) is 23.8. The zero-order chi connectivity index (χ0) is 23.3. The second kappa shape index (κ2) is 10.2. The van der Waals surface area contributed by atoms with Crippen LogP contribution in [0.1, 0.15) is 0 Å². The number of imidazole rings is 1. The highest BCUT2D eigenvalue weighted by Gasteiger charge is 2.32. The number of sulfonamides is 1. The zero-order valence-electron chi connectivity index (χ0n) is 17.4. The van der Waals surface area contributed by atoms with Crippen LogP contribution >= 0.6 is 11.8 Å². The number of thioether (sulfide) groups is 1. The number of hydrogen-bond acceptors (Lipinski definition) is 7. The van der Waals surface area contributed by atoms with Crippen molar-refractivity contribution in [1.82, 2.24) is 14.3 Å². The van der Waals surface area contributed by atoms with Crippen LogP contribution in [0.5, 0.6) is 5.75 Å². The van der Waals surface area contributed by atoms with Gasteiger partial charge >= 0.3 is 5.97 Å². The molecule has 3 rings (SSSR count). The van der Waals surface area contributed by atoms with Gasteiger partial charge in [-0.15, -0.1) is 0 Å². The number of carboxylic acids is 1. The predicted molar refractivity (Wildman–Crippen MR) is 120 cm³/mol. The Morgan fingerprint density at radius 3 is 2.25 bits per heavy atom. The summed E-state index contributed by atoms with van der Waals surface area (Å²) in [6, 6.07) is 11.6. The van der Waals surface area contributed by atoms with Gasteiger partial charge in [-0.2, -0.15) is 4.72 Å². The number of aryl methyl sites for hydroxylation is 1. The minimum atomic E-state index is -4.18. The summed E-state index contributed by atoms with van der Waals surface area (Å²) in [7, 11) is -0.852. The molecule has 11 heteroatoms. The van der Waals surface area contributed by atoms with Gasteiger partial charge < -0.3 is 19.5 Å². The maximum Gasteiger partial charge on any atom is 0.324 e. The Kier molecular flexibility index (Phi) is 7.56. The fourth-order valence-electron chi connectivity index (χ4n) is 2.89. The van der Waals surface area contributed by atoms with Crippen LogP contribution in [0.25, 0.3) is 11.1 Å². The van der Waals surface area contributed by atoms with Crippen molar-refractivity contribution in [3.8, 4) is 16.9 Å². The number of aliphatic carboxylic acids is 1. The number of aromatic nitrogens is 2. The number of nitrogens with zero attached hydrogens (tertiary/aromatic N) is 2. The van der Waals surface area contributed by atoms with Crippen molar-refractivity contribution in [2.45, 2.75) is 22.2 Å². The van der Waals surface area contributed by atoms with Crippen molar-refractivity contribution in [2.24, 2.45) is 7.05 Å². The Bertz CT molecular complexity index is 1160. The van der Waals surface area contributed by atoms with Gasteiger partial charge in [0.05, 0.1) is 18.1 Å². The van der Waals surface area contributed by atoms with Crippen LogP contribution in [-0.4, -0.2) is 59.2 Å². The summed E-state index contributed by atoms with van der Waals surface area (Å²) in [6.07, 6.45) is 1.81. The molecule has 0 fully saturated rings. The lowest BCUT2D eigenvalue weighted by molar-refractivity contribution is -0.141. The Balaban J connectivity index is 1.71. The first-order valence-corrected chi connectivity index (χ1v) is 12.0. The first-order chi connectivity index (χ1) is 15.2. The minimum absolute atomic E-state index is 0.0548. The summed E-state index contributed by atoms with van der Waals surface area (Å²) >= 11 is 1.13. The molecule has 170 valence electrons. The van der Waals surface area contributed by atoms with Crippen molar-refractivity contribution in [3.05, 3.63) is 60.9 Å². The molecule has 0 aliphatic heterocycles. The molecule has 0 spiro atoms. The number of hydrogen-bond donors (Lipinski definition) is 3. The van der Waals surface area contributed by atoms with E-state index in [1.54, 1.807) is 55.4 Å². The number of carboxylic acid groups (broad SMARTS) is 1. The zero-order valence-corrected chi connectivity index (χ0v) is 19.0. The number of rotatable bonds is 10. The van der Waals surface area contributed by atoms with Crippen LogP contribution in [0, 0.1) is 0 Å². The third-order valence-corrected chi connectivity index (χ3v) is 7.30. The molecule has 1 aromatic heterocycles. The Morgan fingerprint density at radius 1 is 1.16 bits per heavy atom. The van der Waals surface area contributed by atoms with Crippen molar-refractivity contribution in [2.75, 3.05) is 12.9 Å². The number of benzene rings is 2. The predicted octanol–water partition coefficient (Wildman–Crippen LogP) is 1.98. The fourth-order valence-corrected chi connectivity index (χ4v) is 5.02. The lowest BCUT2D eigenvalue weighted by atomic mass is 10.1. The monoisotopic (exact) mass is 477 g/mol. The van der Waals surface area contributed by atoms with Crippen molar-refractivity contribution < 1.29 is 28.2 Å². The molecule has 2 atom stereocenters. The molecule has 3 N–H and O–H groups in total. The van der Waals surface area contributed by atoms with E-state index in [9.17, 15) is 23.4 Å². The van der Waals surface area contributed by atoms with Gasteiger partial charge in [-0.3, -0.25) is 4.79 Å². The van der Waals surface area contributed by atoms with Crippen LogP contribution in [0.3, 0.4) is 0 Å². The molecule has 0 aliphatic carbocycles. The highest BCUT2D eigenvalue weighted by Crippen LogP contribution is 2.24. The highest BCUT2D eigenvalue weighted by atomic mass is 32.2. The molecule has 0 aliphatic rings. The van der Waals surface area contributed by atoms with E-state index >= 15 is 0 Å². The molecule has 0 radical (unpaired) electrons. The summed E-state index contributed by atoms with van der Waals surface area (Å²) in [6.45, 7) is 0. The number of methoxy groups -OCH3 is 1. The van der Waals surface area contributed by atoms with Crippen LogP contribution in [-0.2, 0) is 21.9 Å². The van der Waals surface area contributed by atoms with E-state index in [1.807, 2.05) is 12.1 Å². The third kappa shape index (κ3) is 5.68. The molecule has 32 heavy (non-hydrogen) atoms. The van der Waals surface area contributed by atoms with Crippen molar-refractivity contribution >= 4 is 27.8 Å².